The third-order valence-electron chi connectivity index (χ3n) is 7.35. The molecule has 5 aliphatic rings. The summed E-state index contributed by atoms with van der Waals surface area (Å²) in [7, 11) is -6.00. The summed E-state index contributed by atoms with van der Waals surface area (Å²) in [4.78, 5) is 7.77. The fourth-order valence-corrected chi connectivity index (χ4v) is 6.25. The Morgan fingerprint density at radius 1 is 0.818 bits per heavy atom. The number of aryl methyl sites for hydroxylation is 2. The standard InChI is InChI=1S/C24H26N3O.BF4/c1-5-15-13-19-23(17-7-3-11-26(9-1)21(15)17)28-24-18-8-4-12-27-10-2-6-16(22(18)27)14-20(24)25-19;2-1(3,4)5/h13-14H,1-12H2;/q+1;-1. The summed E-state index contributed by atoms with van der Waals surface area (Å²) < 4.78 is 48.4. The number of ether oxygens (including phenoxy) is 1. The summed E-state index contributed by atoms with van der Waals surface area (Å²) in [6, 6.07) is 4.65. The van der Waals surface area contributed by atoms with Gasteiger partial charge in [-0.2, -0.15) is 0 Å². The molecule has 174 valence electrons. The average molecular weight is 459 g/mol. The molecule has 0 saturated heterocycles. The quantitative estimate of drug-likeness (QED) is 0.288. The van der Waals surface area contributed by atoms with Crippen LogP contribution in [0.5, 0.6) is 11.5 Å². The SMILES string of the molecule is F[B-](F)(F)F.c1c2c3c(c4c1N=c1cc5c6c(c1O4)CCC[N+]=6CCC5)CCCN3CCC2. The number of benzene rings is 2. The van der Waals surface area contributed by atoms with Gasteiger partial charge in [0, 0.05) is 42.7 Å². The molecule has 2 aromatic rings. The molecule has 5 aliphatic heterocycles. The van der Waals surface area contributed by atoms with Crippen LogP contribution in [-0.2, 0) is 25.7 Å². The lowest BCUT2D eigenvalue weighted by Crippen LogP contribution is -2.45. The van der Waals surface area contributed by atoms with Crippen molar-refractivity contribution in [1.29, 1.82) is 0 Å². The molecule has 0 radical (unpaired) electrons. The number of fused-ring (bicyclic) bond motifs is 4. The molecule has 5 heterocycles. The Morgan fingerprint density at radius 2 is 1.48 bits per heavy atom. The second-order valence-electron chi connectivity index (χ2n) is 9.52. The van der Waals surface area contributed by atoms with Gasteiger partial charge >= 0.3 is 7.25 Å². The summed E-state index contributed by atoms with van der Waals surface area (Å²) in [5, 5.41) is 2.55. The second-order valence-corrected chi connectivity index (χ2v) is 9.52. The predicted molar refractivity (Wildman–Crippen MR) is 120 cm³/mol. The highest BCUT2D eigenvalue weighted by molar-refractivity contribution is 6.50. The van der Waals surface area contributed by atoms with Gasteiger partial charge in [-0.05, 0) is 56.2 Å². The molecule has 0 aromatic heterocycles. The van der Waals surface area contributed by atoms with Crippen LogP contribution in [0.25, 0.3) is 0 Å². The molecule has 7 rings (SSSR count). The van der Waals surface area contributed by atoms with E-state index in [4.69, 9.17) is 9.73 Å². The van der Waals surface area contributed by atoms with Crippen molar-refractivity contribution in [2.24, 2.45) is 4.99 Å². The monoisotopic (exact) mass is 459 g/mol. The Hall–Kier alpha value is -2.58. The molecule has 0 bridgehead atoms. The molecule has 0 saturated carbocycles. The van der Waals surface area contributed by atoms with Crippen LogP contribution in [0.2, 0.25) is 0 Å². The van der Waals surface area contributed by atoms with Gasteiger partial charge in [0.05, 0.1) is 5.56 Å². The van der Waals surface area contributed by atoms with Crippen LogP contribution in [0, 0.1) is 0 Å². The molecule has 0 N–H and O–H groups in total. The van der Waals surface area contributed by atoms with Gasteiger partial charge in [-0.3, -0.25) is 0 Å². The molecule has 0 unspecified atom stereocenters. The molecule has 2 aromatic carbocycles. The van der Waals surface area contributed by atoms with E-state index in [0.717, 1.165) is 35.4 Å². The summed E-state index contributed by atoms with van der Waals surface area (Å²) in [5.74, 6) is 2.11. The Bertz CT molecular complexity index is 1260. The summed E-state index contributed by atoms with van der Waals surface area (Å²) >= 11 is 0. The van der Waals surface area contributed by atoms with Gasteiger partial charge in [0.1, 0.15) is 24.1 Å². The third kappa shape index (κ3) is 3.69. The Balaban J connectivity index is 0.000000377. The van der Waals surface area contributed by atoms with Crippen LogP contribution in [0.1, 0.15) is 47.9 Å². The van der Waals surface area contributed by atoms with E-state index in [1.165, 1.54) is 98.0 Å². The van der Waals surface area contributed by atoms with Crippen molar-refractivity contribution in [2.45, 2.75) is 51.4 Å². The topological polar surface area (TPSA) is 27.8 Å². The maximum Gasteiger partial charge on any atom is 0.673 e. The van der Waals surface area contributed by atoms with Gasteiger partial charge in [-0.15, -0.1) is 0 Å². The van der Waals surface area contributed by atoms with Crippen LogP contribution in [0.3, 0.4) is 0 Å². The van der Waals surface area contributed by atoms with Crippen molar-refractivity contribution in [2.75, 3.05) is 31.1 Å². The zero-order chi connectivity index (χ0) is 22.7. The summed E-state index contributed by atoms with van der Waals surface area (Å²) in [6.45, 7) is 4.78. The first kappa shape index (κ1) is 21.0. The Morgan fingerprint density at radius 3 is 2.27 bits per heavy atom. The van der Waals surface area contributed by atoms with Crippen molar-refractivity contribution < 1.29 is 22.0 Å². The Labute approximate surface area is 189 Å². The molecule has 4 nitrogen and oxygen atoms in total. The van der Waals surface area contributed by atoms with Gasteiger partial charge < -0.3 is 26.9 Å². The zero-order valence-electron chi connectivity index (χ0n) is 18.5. The first-order valence-electron chi connectivity index (χ1n) is 12.0. The molecule has 0 aliphatic carbocycles. The van der Waals surface area contributed by atoms with Gasteiger partial charge in [0.2, 0.25) is 5.36 Å². The van der Waals surface area contributed by atoms with Crippen molar-refractivity contribution in [1.82, 2.24) is 4.58 Å². The maximum absolute atomic E-state index is 9.75. The van der Waals surface area contributed by atoms with E-state index in [2.05, 4.69) is 21.6 Å². The lowest BCUT2D eigenvalue weighted by molar-refractivity contribution is 0.368. The van der Waals surface area contributed by atoms with E-state index in [1.54, 1.807) is 0 Å². The summed E-state index contributed by atoms with van der Waals surface area (Å²) in [6.07, 6.45) is 9.58. The largest absolute Gasteiger partial charge is 0.673 e. The van der Waals surface area contributed by atoms with Gasteiger partial charge in [-0.1, -0.05) is 0 Å². The summed E-state index contributed by atoms with van der Waals surface area (Å²) in [5.41, 5.74) is 8.36. The third-order valence-corrected chi connectivity index (χ3v) is 7.35. The molecular formula is C24H26BF4N3O. The van der Waals surface area contributed by atoms with Gasteiger partial charge in [0.25, 0.3) is 0 Å². The smallest absolute Gasteiger partial charge is 0.452 e. The Kier molecular flexibility index (Phi) is 4.92. The molecule has 0 amide bonds. The lowest BCUT2D eigenvalue weighted by atomic mass is 9.90. The minimum Gasteiger partial charge on any atom is -0.452 e. The van der Waals surface area contributed by atoms with Crippen LogP contribution < -0.4 is 24.9 Å². The van der Waals surface area contributed by atoms with Crippen LogP contribution in [0.15, 0.2) is 17.1 Å². The van der Waals surface area contributed by atoms with Gasteiger partial charge in [-0.25, -0.2) is 9.57 Å². The van der Waals surface area contributed by atoms with Crippen molar-refractivity contribution in [3.05, 3.63) is 45.1 Å². The highest BCUT2D eigenvalue weighted by atomic mass is 19.5. The van der Waals surface area contributed by atoms with Crippen molar-refractivity contribution in [3.8, 4) is 11.5 Å². The van der Waals surface area contributed by atoms with E-state index in [-0.39, 0.29) is 0 Å². The highest BCUT2D eigenvalue weighted by Crippen LogP contribution is 2.48. The number of hydrogen-bond donors (Lipinski definition) is 0. The second kappa shape index (κ2) is 7.74. The van der Waals surface area contributed by atoms with E-state index < -0.39 is 7.25 Å². The van der Waals surface area contributed by atoms with Gasteiger partial charge in [0.15, 0.2) is 11.5 Å². The number of rotatable bonds is 0. The minimum absolute atomic E-state index is 1.06. The number of nitrogens with zero attached hydrogens (tertiary/aromatic N) is 3. The zero-order valence-corrected chi connectivity index (χ0v) is 18.5. The fraction of sp³-hybridized carbons (Fsp3) is 0.500. The van der Waals surface area contributed by atoms with Crippen molar-refractivity contribution in [3.63, 3.8) is 0 Å². The molecule has 9 heteroatoms. The minimum atomic E-state index is -6.00. The number of hydrogen-bond acceptors (Lipinski definition) is 3. The van der Waals surface area contributed by atoms with E-state index in [0.29, 0.717) is 0 Å². The highest BCUT2D eigenvalue weighted by Gasteiger charge is 2.33. The fourth-order valence-electron chi connectivity index (χ4n) is 6.25. The van der Waals surface area contributed by atoms with Crippen LogP contribution in [0.4, 0.5) is 28.6 Å². The van der Waals surface area contributed by atoms with E-state index in [1.807, 2.05) is 0 Å². The average Bonchev–Trinajstić information content (AvgIpc) is 2.78. The molecule has 0 atom stereocenters. The van der Waals surface area contributed by atoms with E-state index in [9.17, 15) is 17.3 Å². The lowest BCUT2D eigenvalue weighted by Gasteiger charge is -2.38. The normalized spacial score (nSPS) is 19.6. The number of anilines is 1. The number of halogens is 4. The first-order chi connectivity index (χ1) is 15.9. The molecule has 0 spiro atoms. The molecule has 33 heavy (non-hydrogen) atoms. The van der Waals surface area contributed by atoms with Crippen LogP contribution in [-0.4, -0.2) is 33.4 Å². The first-order valence-corrected chi connectivity index (χ1v) is 12.0. The van der Waals surface area contributed by atoms with Crippen LogP contribution >= 0.6 is 0 Å². The molecule has 0 fully saturated rings. The predicted octanol–water partition coefficient (Wildman–Crippen LogP) is 4.13. The van der Waals surface area contributed by atoms with E-state index >= 15 is 0 Å². The maximum atomic E-state index is 9.75. The molecular weight excluding hydrogens is 433 g/mol. The van der Waals surface area contributed by atoms with Crippen molar-refractivity contribution >= 4 is 18.6 Å².